The molecule has 13 nitrogen and oxygen atoms in total. The second kappa shape index (κ2) is 18.2. The van der Waals surface area contributed by atoms with Crippen LogP contribution in [0.1, 0.15) is 57.2 Å². The number of halogens is 2. The molecule has 7 rings (SSSR count). The molecule has 1 aromatic heterocycles. The maximum atomic E-state index is 15.0. The summed E-state index contributed by atoms with van der Waals surface area (Å²) in [5.41, 5.74) is 0.800. The van der Waals surface area contributed by atoms with E-state index in [1.807, 2.05) is 0 Å². The first-order valence-electron chi connectivity index (χ1n) is 18.2. The van der Waals surface area contributed by atoms with Crippen molar-refractivity contribution in [3.05, 3.63) is 58.1 Å². The first-order chi connectivity index (χ1) is 25.7. The van der Waals surface area contributed by atoms with Crippen LogP contribution in [0.2, 0.25) is 0 Å². The quantitative estimate of drug-likeness (QED) is 0.129. The molecule has 3 aliphatic heterocycles. The standard InChI is InChI=1S/C36H44F2N6O5S.CH2O2/c37-27-15-23(39-30-3-4-33(45)43-35(30)46)1-2-29(27)40-24-13-22(14-24)18-44-9-5-21(6-10-44)19-49-25-16-28(38)34-31(17-25)41-32(42-36(34)47)20-50-26-7-11-48-12-8-26;2-1-3/h1-2,15-17,21-22,24,26,30,39-40H,3-14,18-20H2,(H,41,42,47)(H,43,45,46);1H,(H,2,3). The van der Waals surface area contributed by atoms with Gasteiger partial charge in [-0.3, -0.25) is 24.5 Å². The van der Waals surface area contributed by atoms with E-state index < -0.39 is 17.4 Å². The number of hydrogen-bond donors (Lipinski definition) is 5. The van der Waals surface area contributed by atoms with Gasteiger partial charge in [-0.1, -0.05) is 0 Å². The molecule has 1 unspecified atom stereocenters. The summed E-state index contributed by atoms with van der Waals surface area (Å²) in [6.07, 6.45) is 6.51. The van der Waals surface area contributed by atoms with Crippen molar-refractivity contribution in [3.63, 3.8) is 0 Å². The van der Waals surface area contributed by atoms with Gasteiger partial charge in [0, 0.05) is 55.3 Å². The number of nitrogens with zero attached hydrogens (tertiary/aromatic N) is 2. The Morgan fingerprint density at radius 1 is 1.00 bits per heavy atom. The number of aromatic nitrogens is 2. The van der Waals surface area contributed by atoms with Gasteiger partial charge in [0.15, 0.2) is 0 Å². The van der Waals surface area contributed by atoms with Gasteiger partial charge in [-0.25, -0.2) is 13.8 Å². The lowest BCUT2D eigenvalue weighted by Crippen LogP contribution is -2.47. The summed E-state index contributed by atoms with van der Waals surface area (Å²) < 4.78 is 41.3. The van der Waals surface area contributed by atoms with E-state index in [1.54, 1.807) is 30.0 Å². The van der Waals surface area contributed by atoms with E-state index in [9.17, 15) is 23.2 Å². The molecule has 3 saturated heterocycles. The van der Waals surface area contributed by atoms with Crippen LogP contribution in [-0.2, 0) is 24.9 Å². The number of thioether (sulfide) groups is 1. The summed E-state index contributed by atoms with van der Waals surface area (Å²) in [4.78, 5) is 54.2. The Morgan fingerprint density at radius 3 is 2.47 bits per heavy atom. The van der Waals surface area contributed by atoms with E-state index in [4.69, 9.17) is 19.4 Å². The maximum absolute atomic E-state index is 15.0. The number of amides is 2. The molecule has 4 fully saturated rings. The number of aromatic amines is 1. The lowest BCUT2D eigenvalue weighted by Gasteiger charge is -2.41. The fourth-order valence-corrected chi connectivity index (χ4v) is 8.39. The fraction of sp³-hybridized carbons (Fsp3) is 0.541. The Kier molecular flexibility index (Phi) is 13.2. The molecule has 2 aromatic carbocycles. The molecule has 1 aliphatic carbocycles. The zero-order valence-corrected chi connectivity index (χ0v) is 30.2. The van der Waals surface area contributed by atoms with Gasteiger partial charge in [0.1, 0.15) is 34.6 Å². The average molecular weight is 757 g/mol. The summed E-state index contributed by atoms with van der Waals surface area (Å²) in [6, 6.07) is 7.44. The number of likely N-dealkylation sites (tertiary alicyclic amines) is 1. The minimum atomic E-state index is -0.625. The molecule has 3 aromatic rings. The zero-order valence-electron chi connectivity index (χ0n) is 29.4. The van der Waals surface area contributed by atoms with Crippen LogP contribution in [0.25, 0.3) is 10.9 Å². The molecule has 1 atom stereocenters. The lowest BCUT2D eigenvalue weighted by atomic mass is 9.79. The Hall–Kier alpha value is -4.28. The Morgan fingerprint density at radius 2 is 1.75 bits per heavy atom. The second-order valence-electron chi connectivity index (χ2n) is 14.1. The highest BCUT2D eigenvalue weighted by atomic mass is 32.2. The van der Waals surface area contributed by atoms with Crippen molar-refractivity contribution in [2.24, 2.45) is 11.8 Å². The number of nitrogens with one attached hydrogen (secondary N) is 4. The third kappa shape index (κ3) is 10.4. The van der Waals surface area contributed by atoms with Crippen LogP contribution in [0, 0.1) is 23.5 Å². The van der Waals surface area contributed by atoms with E-state index in [0.29, 0.717) is 64.3 Å². The molecular formula is C37H46F2N6O7S. The Bertz CT molecular complexity index is 1810. The number of fused-ring (bicyclic) bond motifs is 1. The smallest absolute Gasteiger partial charge is 0.290 e. The van der Waals surface area contributed by atoms with Gasteiger partial charge in [0.25, 0.3) is 12.0 Å². The number of piperidine rings is 2. The number of imide groups is 1. The molecular weight excluding hydrogens is 711 g/mol. The van der Waals surface area contributed by atoms with Gasteiger partial charge >= 0.3 is 0 Å². The summed E-state index contributed by atoms with van der Waals surface area (Å²) in [6.45, 7) is 4.68. The maximum Gasteiger partial charge on any atom is 0.290 e. The Labute approximate surface area is 310 Å². The van der Waals surface area contributed by atoms with Crippen molar-refractivity contribution in [1.82, 2.24) is 20.2 Å². The summed E-state index contributed by atoms with van der Waals surface area (Å²) in [5, 5.41) is 16.0. The van der Waals surface area contributed by atoms with E-state index in [2.05, 4.69) is 30.8 Å². The molecule has 5 N–H and O–H groups in total. The number of rotatable bonds is 12. The molecule has 4 heterocycles. The van der Waals surface area contributed by atoms with Crippen molar-refractivity contribution in [1.29, 1.82) is 0 Å². The fourth-order valence-electron chi connectivity index (χ4n) is 7.33. The predicted molar refractivity (Wildman–Crippen MR) is 197 cm³/mol. The van der Waals surface area contributed by atoms with Crippen LogP contribution in [-0.4, -0.2) is 95.0 Å². The normalized spacial score (nSPS) is 22.6. The van der Waals surface area contributed by atoms with E-state index in [1.165, 1.54) is 12.1 Å². The first-order valence-corrected chi connectivity index (χ1v) is 19.2. The van der Waals surface area contributed by atoms with E-state index in [0.717, 1.165) is 71.4 Å². The molecule has 1 saturated carbocycles. The van der Waals surface area contributed by atoms with Crippen molar-refractivity contribution in [3.8, 4) is 5.75 Å². The molecule has 53 heavy (non-hydrogen) atoms. The number of hydrogen-bond acceptors (Lipinski definition) is 11. The lowest BCUT2D eigenvalue weighted by molar-refractivity contribution is -0.133. The summed E-state index contributed by atoms with van der Waals surface area (Å²) >= 11 is 1.74. The van der Waals surface area contributed by atoms with E-state index >= 15 is 0 Å². The average Bonchev–Trinajstić information content (AvgIpc) is 3.12. The minimum Gasteiger partial charge on any atom is -0.493 e. The number of H-pyrrole nitrogens is 1. The molecule has 0 bridgehead atoms. The molecule has 2 amide bonds. The highest BCUT2D eigenvalue weighted by Gasteiger charge is 2.32. The Balaban J connectivity index is 0.00000155. The van der Waals surface area contributed by atoms with Crippen molar-refractivity contribution in [2.45, 2.75) is 74.5 Å². The van der Waals surface area contributed by atoms with Crippen LogP contribution in [0.3, 0.4) is 0 Å². The summed E-state index contributed by atoms with van der Waals surface area (Å²) in [7, 11) is 0. The number of benzene rings is 2. The van der Waals surface area contributed by atoms with Gasteiger partial charge in [-0.15, -0.1) is 0 Å². The SMILES string of the molecule is O=C1CCC(Nc2ccc(NC3CC(CN4CCC(COc5cc(F)c6c(=O)[nH]c(CSC7CCOCC7)nc6c5)CC4)C3)c(F)c2)C(=O)N1.O=CO. The number of carboxylic acid groups (broad SMARTS) is 1. The van der Waals surface area contributed by atoms with Crippen LogP contribution in [0.5, 0.6) is 5.75 Å². The second-order valence-corrected chi connectivity index (χ2v) is 15.4. The number of carbonyl (C=O) groups is 3. The molecule has 16 heteroatoms. The van der Waals surface area contributed by atoms with Gasteiger partial charge in [0.2, 0.25) is 11.8 Å². The molecule has 4 aliphatic rings. The van der Waals surface area contributed by atoms with Crippen LogP contribution in [0.4, 0.5) is 20.2 Å². The van der Waals surface area contributed by atoms with Gasteiger partial charge in [0.05, 0.1) is 23.6 Å². The largest absolute Gasteiger partial charge is 0.493 e. The third-order valence-corrected chi connectivity index (χ3v) is 11.6. The van der Waals surface area contributed by atoms with Crippen molar-refractivity contribution < 1.29 is 37.7 Å². The molecule has 0 radical (unpaired) electrons. The third-order valence-electron chi connectivity index (χ3n) is 10.3. The van der Waals surface area contributed by atoms with Gasteiger partial charge in [-0.2, -0.15) is 11.8 Å². The highest BCUT2D eigenvalue weighted by Crippen LogP contribution is 2.34. The molecule has 0 spiro atoms. The monoisotopic (exact) mass is 756 g/mol. The van der Waals surface area contributed by atoms with Crippen molar-refractivity contribution >= 4 is 52.3 Å². The van der Waals surface area contributed by atoms with Crippen LogP contribution >= 0.6 is 11.8 Å². The summed E-state index contributed by atoms with van der Waals surface area (Å²) in [5.74, 6) is 0.717. The van der Waals surface area contributed by atoms with Crippen LogP contribution < -0.4 is 26.2 Å². The number of carbonyl (C=O) groups excluding carboxylic acids is 2. The molecule has 286 valence electrons. The minimum absolute atomic E-state index is 0.0405. The zero-order chi connectivity index (χ0) is 37.3. The van der Waals surface area contributed by atoms with Gasteiger partial charge in [-0.05, 0) is 88.1 Å². The van der Waals surface area contributed by atoms with Crippen molar-refractivity contribution in [2.75, 3.05) is 50.1 Å². The number of anilines is 2. The topological polar surface area (TPSA) is 175 Å². The highest BCUT2D eigenvalue weighted by molar-refractivity contribution is 7.99. The predicted octanol–water partition coefficient (Wildman–Crippen LogP) is 4.51. The van der Waals surface area contributed by atoms with E-state index in [-0.39, 0.29) is 42.0 Å². The number of ether oxygens (including phenoxy) is 2. The first kappa shape index (κ1) is 38.4. The van der Waals surface area contributed by atoms with Gasteiger partial charge < -0.3 is 35.1 Å². The van der Waals surface area contributed by atoms with Crippen LogP contribution in [0.15, 0.2) is 35.1 Å².